The number of fused-ring (bicyclic) bond motifs is 1. The fourth-order valence-corrected chi connectivity index (χ4v) is 3.34. The Morgan fingerprint density at radius 3 is 2.78 bits per heavy atom. The predicted molar refractivity (Wildman–Crippen MR) is 102 cm³/mol. The molecule has 0 aliphatic carbocycles. The molecule has 1 saturated heterocycles. The molecule has 4 rings (SSSR count). The van der Waals surface area contributed by atoms with Crippen molar-refractivity contribution in [3.63, 3.8) is 0 Å². The molecule has 3 aromatic rings. The van der Waals surface area contributed by atoms with E-state index in [2.05, 4.69) is 19.9 Å². The second-order valence-corrected chi connectivity index (χ2v) is 6.72. The van der Waals surface area contributed by atoms with Crippen LogP contribution < -0.4 is 9.64 Å². The van der Waals surface area contributed by atoms with E-state index in [0.29, 0.717) is 36.1 Å². The fraction of sp³-hybridized carbons (Fsp3) is 0.450. The number of aryl methyl sites for hydroxylation is 2. The van der Waals surface area contributed by atoms with Crippen molar-refractivity contribution >= 4 is 17.0 Å². The van der Waals surface area contributed by atoms with Gasteiger partial charge in [0.1, 0.15) is 18.2 Å². The van der Waals surface area contributed by atoms with Crippen LogP contribution in [0.25, 0.3) is 11.2 Å². The van der Waals surface area contributed by atoms with Crippen LogP contribution in [0, 0.1) is 13.8 Å². The van der Waals surface area contributed by atoms with Crippen LogP contribution in [0.5, 0.6) is 5.75 Å². The van der Waals surface area contributed by atoms with E-state index in [0.717, 1.165) is 37.6 Å². The van der Waals surface area contributed by atoms with Crippen LogP contribution >= 0.6 is 0 Å². The van der Waals surface area contributed by atoms with Gasteiger partial charge < -0.3 is 18.8 Å². The molecule has 0 unspecified atom stereocenters. The lowest BCUT2D eigenvalue weighted by atomic mass is 10.2. The van der Waals surface area contributed by atoms with Crippen molar-refractivity contribution in [1.29, 1.82) is 0 Å². The largest absolute Gasteiger partial charge is 0.492 e. The standard InChI is InChI=1S/C20H24N4O3/c1-14-21-19(18-20(22-14)27-15(2)23-18)24(13-17-9-6-11-25-17)10-12-26-16-7-4-3-5-8-16/h3-5,7-8,17H,6,9-13H2,1-2H3/t17-/m1/s1. The van der Waals surface area contributed by atoms with E-state index in [1.807, 2.05) is 44.2 Å². The van der Waals surface area contributed by atoms with Crippen LogP contribution in [0.3, 0.4) is 0 Å². The number of aromatic nitrogens is 3. The Balaban J connectivity index is 1.57. The van der Waals surface area contributed by atoms with Crippen LogP contribution in [0.4, 0.5) is 5.82 Å². The molecule has 1 aromatic carbocycles. The van der Waals surface area contributed by atoms with Crippen molar-refractivity contribution in [2.24, 2.45) is 0 Å². The smallest absolute Gasteiger partial charge is 0.252 e. The Morgan fingerprint density at radius 2 is 2.00 bits per heavy atom. The Hall–Kier alpha value is -2.67. The molecule has 0 radical (unpaired) electrons. The Labute approximate surface area is 158 Å². The molecule has 0 spiro atoms. The molecule has 27 heavy (non-hydrogen) atoms. The van der Waals surface area contributed by atoms with Gasteiger partial charge in [-0.15, -0.1) is 0 Å². The van der Waals surface area contributed by atoms with Gasteiger partial charge >= 0.3 is 0 Å². The first kappa shape index (κ1) is 17.7. The molecular weight excluding hydrogens is 344 g/mol. The van der Waals surface area contributed by atoms with Gasteiger partial charge in [-0.2, -0.15) is 4.98 Å². The third kappa shape index (κ3) is 4.19. The molecule has 142 valence electrons. The summed E-state index contributed by atoms with van der Waals surface area (Å²) in [6.07, 6.45) is 2.35. The van der Waals surface area contributed by atoms with E-state index in [9.17, 15) is 0 Å². The first-order chi connectivity index (χ1) is 13.2. The van der Waals surface area contributed by atoms with E-state index in [1.54, 1.807) is 0 Å². The van der Waals surface area contributed by atoms with Crippen LogP contribution in [0.2, 0.25) is 0 Å². The minimum atomic E-state index is 0.194. The normalized spacial score (nSPS) is 16.7. The zero-order chi connectivity index (χ0) is 18.6. The second-order valence-electron chi connectivity index (χ2n) is 6.72. The summed E-state index contributed by atoms with van der Waals surface area (Å²) in [4.78, 5) is 15.7. The number of hydrogen-bond donors (Lipinski definition) is 0. The number of benzene rings is 1. The van der Waals surface area contributed by atoms with Gasteiger partial charge in [0.25, 0.3) is 5.71 Å². The molecule has 0 amide bonds. The molecule has 0 bridgehead atoms. The summed E-state index contributed by atoms with van der Waals surface area (Å²) in [5.41, 5.74) is 1.21. The molecule has 7 nitrogen and oxygen atoms in total. The van der Waals surface area contributed by atoms with E-state index in [4.69, 9.17) is 13.9 Å². The SMILES string of the molecule is Cc1nc(N(CCOc2ccccc2)C[C@H]2CCCO2)c2nc(C)oc2n1. The highest BCUT2D eigenvalue weighted by Gasteiger charge is 2.24. The molecule has 2 aromatic heterocycles. The van der Waals surface area contributed by atoms with Gasteiger partial charge in [-0.3, -0.25) is 0 Å². The zero-order valence-electron chi connectivity index (χ0n) is 15.7. The molecular formula is C20H24N4O3. The monoisotopic (exact) mass is 368 g/mol. The van der Waals surface area contributed by atoms with Gasteiger partial charge in [0, 0.05) is 20.1 Å². The minimum Gasteiger partial charge on any atom is -0.492 e. The lowest BCUT2D eigenvalue weighted by Crippen LogP contribution is -2.36. The Kier molecular flexibility index (Phi) is 5.20. The summed E-state index contributed by atoms with van der Waals surface area (Å²) in [6.45, 7) is 6.47. The summed E-state index contributed by atoms with van der Waals surface area (Å²) >= 11 is 0. The second kappa shape index (κ2) is 7.92. The van der Waals surface area contributed by atoms with Gasteiger partial charge in [0.2, 0.25) is 0 Å². The van der Waals surface area contributed by atoms with E-state index in [-0.39, 0.29) is 6.10 Å². The highest BCUT2D eigenvalue weighted by molar-refractivity contribution is 5.82. The molecule has 0 N–H and O–H groups in total. The van der Waals surface area contributed by atoms with Crippen molar-refractivity contribution in [2.75, 3.05) is 31.2 Å². The quantitative estimate of drug-likeness (QED) is 0.633. The summed E-state index contributed by atoms with van der Waals surface area (Å²) in [5.74, 6) is 2.89. The van der Waals surface area contributed by atoms with Crippen LogP contribution in [-0.2, 0) is 4.74 Å². The summed E-state index contributed by atoms with van der Waals surface area (Å²) in [6, 6.07) is 9.82. The van der Waals surface area contributed by atoms with Crippen molar-refractivity contribution in [2.45, 2.75) is 32.8 Å². The molecule has 1 fully saturated rings. The van der Waals surface area contributed by atoms with Gasteiger partial charge in [-0.1, -0.05) is 18.2 Å². The minimum absolute atomic E-state index is 0.194. The molecule has 1 aliphatic rings. The average molecular weight is 368 g/mol. The van der Waals surface area contributed by atoms with Crippen LogP contribution in [0.1, 0.15) is 24.6 Å². The number of ether oxygens (including phenoxy) is 2. The van der Waals surface area contributed by atoms with Crippen molar-refractivity contribution in [1.82, 2.24) is 15.0 Å². The molecule has 1 aliphatic heterocycles. The molecule has 0 saturated carbocycles. The highest BCUT2D eigenvalue weighted by Crippen LogP contribution is 2.26. The molecule has 7 heteroatoms. The summed E-state index contributed by atoms with van der Waals surface area (Å²) < 4.78 is 17.4. The number of nitrogens with zero attached hydrogens (tertiary/aromatic N) is 4. The number of rotatable bonds is 7. The Morgan fingerprint density at radius 1 is 1.15 bits per heavy atom. The highest BCUT2D eigenvalue weighted by atomic mass is 16.5. The maximum absolute atomic E-state index is 5.90. The van der Waals surface area contributed by atoms with E-state index >= 15 is 0 Å². The lowest BCUT2D eigenvalue weighted by molar-refractivity contribution is 0.115. The number of para-hydroxylation sites is 1. The third-order valence-corrected chi connectivity index (χ3v) is 4.58. The summed E-state index contributed by atoms with van der Waals surface area (Å²) in [5, 5.41) is 0. The first-order valence-electron chi connectivity index (χ1n) is 9.35. The van der Waals surface area contributed by atoms with Gasteiger partial charge in [-0.05, 0) is 31.9 Å². The molecule has 3 heterocycles. The first-order valence-corrected chi connectivity index (χ1v) is 9.35. The zero-order valence-corrected chi connectivity index (χ0v) is 15.7. The van der Waals surface area contributed by atoms with Crippen LogP contribution in [-0.4, -0.2) is 47.4 Å². The predicted octanol–water partition coefficient (Wildman–Crippen LogP) is 3.30. The van der Waals surface area contributed by atoms with Gasteiger partial charge in [0.15, 0.2) is 17.2 Å². The van der Waals surface area contributed by atoms with Crippen molar-refractivity contribution in [3.05, 3.63) is 42.0 Å². The Bertz CT molecular complexity index is 891. The maximum Gasteiger partial charge on any atom is 0.252 e. The molecule has 1 atom stereocenters. The number of oxazole rings is 1. The van der Waals surface area contributed by atoms with Gasteiger partial charge in [0.05, 0.1) is 12.6 Å². The van der Waals surface area contributed by atoms with Crippen molar-refractivity contribution in [3.8, 4) is 5.75 Å². The van der Waals surface area contributed by atoms with Crippen molar-refractivity contribution < 1.29 is 13.9 Å². The topological polar surface area (TPSA) is 73.5 Å². The fourth-order valence-electron chi connectivity index (χ4n) is 3.34. The lowest BCUT2D eigenvalue weighted by Gasteiger charge is -2.26. The average Bonchev–Trinajstić information content (AvgIpc) is 3.29. The third-order valence-electron chi connectivity index (χ3n) is 4.58. The van der Waals surface area contributed by atoms with Crippen LogP contribution in [0.15, 0.2) is 34.7 Å². The van der Waals surface area contributed by atoms with E-state index in [1.165, 1.54) is 0 Å². The number of anilines is 1. The maximum atomic E-state index is 5.90. The van der Waals surface area contributed by atoms with Gasteiger partial charge in [-0.25, -0.2) is 9.97 Å². The van der Waals surface area contributed by atoms with E-state index < -0.39 is 0 Å². The summed E-state index contributed by atoms with van der Waals surface area (Å²) in [7, 11) is 0. The number of hydrogen-bond acceptors (Lipinski definition) is 7.